The van der Waals surface area contributed by atoms with Crippen molar-refractivity contribution >= 4 is 18.0 Å². The second kappa shape index (κ2) is 4.95. The highest BCUT2D eigenvalue weighted by Crippen LogP contribution is 2.13. The number of esters is 1. The molecule has 0 aliphatic heterocycles. The van der Waals surface area contributed by atoms with Crippen molar-refractivity contribution in [3.8, 4) is 5.75 Å². The minimum atomic E-state index is -1.00. The molecule has 1 rings (SSSR count). The summed E-state index contributed by atoms with van der Waals surface area (Å²) in [6, 6.07) is 6.53. The zero-order valence-electron chi connectivity index (χ0n) is 8.14. The Morgan fingerprint density at radius 1 is 1.27 bits per heavy atom. The van der Waals surface area contributed by atoms with E-state index in [1.54, 1.807) is 24.3 Å². The lowest BCUT2D eigenvalue weighted by Crippen LogP contribution is -2.00. The quantitative estimate of drug-likeness (QED) is 0.464. The van der Waals surface area contributed by atoms with E-state index in [2.05, 4.69) is 0 Å². The summed E-state index contributed by atoms with van der Waals surface area (Å²) < 4.78 is 4.82. The van der Waals surface area contributed by atoms with E-state index in [0.29, 0.717) is 5.75 Å². The van der Waals surface area contributed by atoms with Crippen LogP contribution in [0.3, 0.4) is 0 Å². The molecule has 0 aliphatic carbocycles. The van der Waals surface area contributed by atoms with Gasteiger partial charge in [0.1, 0.15) is 5.75 Å². The molecule has 0 amide bonds. The van der Waals surface area contributed by atoms with E-state index in [0.717, 1.165) is 11.6 Å². The van der Waals surface area contributed by atoms with Crippen LogP contribution in [0.5, 0.6) is 5.75 Å². The van der Waals surface area contributed by atoms with Crippen molar-refractivity contribution in [3.63, 3.8) is 0 Å². The molecule has 0 bridgehead atoms. The summed E-state index contributed by atoms with van der Waals surface area (Å²) in [5.74, 6) is -0.946. The first kappa shape index (κ1) is 11.0. The van der Waals surface area contributed by atoms with Gasteiger partial charge in [-0.15, -0.1) is 0 Å². The topological polar surface area (TPSA) is 63.6 Å². The number of carboxylic acid groups (broad SMARTS) is 1. The van der Waals surface area contributed by atoms with Crippen molar-refractivity contribution in [1.29, 1.82) is 0 Å². The predicted octanol–water partition coefficient (Wildman–Crippen LogP) is 1.71. The fourth-order valence-electron chi connectivity index (χ4n) is 0.980. The third-order valence-corrected chi connectivity index (χ3v) is 1.56. The highest BCUT2D eigenvalue weighted by atomic mass is 16.5. The molecule has 78 valence electrons. The van der Waals surface area contributed by atoms with Gasteiger partial charge in [0.25, 0.3) is 0 Å². The maximum atomic E-state index is 10.6. The van der Waals surface area contributed by atoms with Crippen molar-refractivity contribution in [1.82, 2.24) is 0 Å². The molecule has 1 aromatic rings. The van der Waals surface area contributed by atoms with Crippen LogP contribution < -0.4 is 4.74 Å². The molecule has 0 saturated carbocycles. The number of hydrogen-bond donors (Lipinski definition) is 1. The van der Waals surface area contributed by atoms with Gasteiger partial charge >= 0.3 is 11.9 Å². The molecule has 0 saturated heterocycles. The number of benzene rings is 1. The summed E-state index contributed by atoms with van der Waals surface area (Å²) in [6.45, 7) is 1.32. The Hall–Kier alpha value is -2.10. The fraction of sp³-hybridized carbons (Fsp3) is 0.0909. The van der Waals surface area contributed by atoms with E-state index in [9.17, 15) is 9.59 Å². The number of carbonyl (C=O) groups is 2. The van der Waals surface area contributed by atoms with Crippen LogP contribution in [0.15, 0.2) is 30.3 Å². The normalized spacial score (nSPS) is 10.2. The maximum Gasteiger partial charge on any atom is 0.328 e. The Labute approximate surface area is 86.8 Å². The standard InChI is InChI=1S/C11H10O4/c1-8(12)15-10-5-2-9(3-6-10)4-7-11(13)14/h2-7H,1H3,(H,13,14)/b7-4+. The molecule has 4 nitrogen and oxygen atoms in total. The first-order valence-corrected chi connectivity index (χ1v) is 4.27. The van der Waals surface area contributed by atoms with Gasteiger partial charge in [-0.25, -0.2) is 4.79 Å². The monoisotopic (exact) mass is 206 g/mol. The second-order valence-electron chi connectivity index (χ2n) is 2.83. The molecule has 1 aromatic carbocycles. The Bertz CT molecular complexity index is 390. The van der Waals surface area contributed by atoms with Crippen LogP contribution in [-0.4, -0.2) is 17.0 Å². The number of ether oxygens (including phenoxy) is 1. The molecule has 0 fully saturated rings. The van der Waals surface area contributed by atoms with Gasteiger partial charge in [-0.1, -0.05) is 12.1 Å². The summed E-state index contributed by atoms with van der Waals surface area (Å²) >= 11 is 0. The Morgan fingerprint density at radius 3 is 2.33 bits per heavy atom. The zero-order valence-corrected chi connectivity index (χ0v) is 8.14. The molecule has 1 N–H and O–H groups in total. The lowest BCUT2D eigenvalue weighted by molar-refractivity contribution is -0.132. The van der Waals surface area contributed by atoms with Gasteiger partial charge in [0.05, 0.1) is 0 Å². The summed E-state index contributed by atoms with van der Waals surface area (Å²) in [7, 11) is 0. The third kappa shape index (κ3) is 4.08. The molecule has 0 heterocycles. The number of hydrogen-bond acceptors (Lipinski definition) is 3. The molecule has 0 radical (unpaired) electrons. The van der Waals surface area contributed by atoms with Crippen LogP contribution in [0.2, 0.25) is 0 Å². The Balaban J connectivity index is 2.72. The summed E-state index contributed by atoms with van der Waals surface area (Å²) in [5.41, 5.74) is 0.730. The van der Waals surface area contributed by atoms with Crippen LogP contribution in [0.25, 0.3) is 6.08 Å². The van der Waals surface area contributed by atoms with Gasteiger partial charge in [-0.2, -0.15) is 0 Å². The molecule has 15 heavy (non-hydrogen) atoms. The first-order chi connectivity index (χ1) is 7.08. The van der Waals surface area contributed by atoms with Crippen molar-refractivity contribution < 1.29 is 19.4 Å². The number of rotatable bonds is 3. The van der Waals surface area contributed by atoms with Gasteiger partial charge in [-0.05, 0) is 23.8 Å². The maximum absolute atomic E-state index is 10.6. The molecule has 0 aliphatic rings. The number of carbonyl (C=O) groups excluding carboxylic acids is 1. The number of aliphatic carboxylic acids is 1. The van der Waals surface area contributed by atoms with Crippen molar-refractivity contribution in [3.05, 3.63) is 35.9 Å². The lowest BCUT2D eigenvalue weighted by atomic mass is 10.2. The molecule has 0 spiro atoms. The predicted molar refractivity (Wildman–Crippen MR) is 54.4 cm³/mol. The van der Waals surface area contributed by atoms with Crippen molar-refractivity contribution in [2.45, 2.75) is 6.92 Å². The fourth-order valence-corrected chi connectivity index (χ4v) is 0.980. The molecular weight excluding hydrogens is 196 g/mol. The summed E-state index contributed by atoms with van der Waals surface area (Å²) in [6.07, 6.45) is 2.50. The van der Waals surface area contributed by atoms with Gasteiger partial charge in [0.2, 0.25) is 0 Å². The van der Waals surface area contributed by atoms with Gasteiger partial charge in [-0.3, -0.25) is 4.79 Å². The molecule has 4 heteroatoms. The molecule has 0 atom stereocenters. The highest BCUT2D eigenvalue weighted by Gasteiger charge is 1.96. The van der Waals surface area contributed by atoms with Crippen LogP contribution in [0.1, 0.15) is 12.5 Å². The number of carboxylic acids is 1. The minimum Gasteiger partial charge on any atom is -0.478 e. The van der Waals surface area contributed by atoms with Crippen molar-refractivity contribution in [2.24, 2.45) is 0 Å². The van der Waals surface area contributed by atoms with E-state index in [1.165, 1.54) is 13.0 Å². The lowest BCUT2D eigenvalue weighted by Gasteiger charge is -2.00. The van der Waals surface area contributed by atoms with E-state index in [-0.39, 0.29) is 5.97 Å². The van der Waals surface area contributed by atoms with E-state index in [1.807, 2.05) is 0 Å². The van der Waals surface area contributed by atoms with Gasteiger partial charge in [0.15, 0.2) is 0 Å². The summed E-state index contributed by atoms with van der Waals surface area (Å²) in [4.78, 5) is 20.8. The molecule has 0 unspecified atom stereocenters. The van der Waals surface area contributed by atoms with Crippen LogP contribution in [-0.2, 0) is 9.59 Å². The van der Waals surface area contributed by atoms with E-state index < -0.39 is 5.97 Å². The Kier molecular flexibility index (Phi) is 3.62. The van der Waals surface area contributed by atoms with Gasteiger partial charge in [0, 0.05) is 13.0 Å². The van der Waals surface area contributed by atoms with Crippen LogP contribution in [0.4, 0.5) is 0 Å². The SMILES string of the molecule is CC(=O)Oc1ccc(/C=C/C(=O)O)cc1. The first-order valence-electron chi connectivity index (χ1n) is 4.27. The minimum absolute atomic E-state index is 0.385. The molecular formula is C11H10O4. The Morgan fingerprint density at radius 2 is 1.87 bits per heavy atom. The van der Waals surface area contributed by atoms with Crippen LogP contribution >= 0.6 is 0 Å². The smallest absolute Gasteiger partial charge is 0.328 e. The molecule has 0 aromatic heterocycles. The third-order valence-electron chi connectivity index (χ3n) is 1.56. The largest absolute Gasteiger partial charge is 0.478 e. The highest BCUT2D eigenvalue weighted by molar-refractivity contribution is 5.85. The average molecular weight is 206 g/mol. The van der Waals surface area contributed by atoms with E-state index in [4.69, 9.17) is 9.84 Å². The second-order valence-corrected chi connectivity index (χ2v) is 2.83. The zero-order chi connectivity index (χ0) is 11.3. The van der Waals surface area contributed by atoms with Crippen LogP contribution in [0, 0.1) is 0 Å². The average Bonchev–Trinajstić information content (AvgIpc) is 2.16. The van der Waals surface area contributed by atoms with E-state index >= 15 is 0 Å². The van der Waals surface area contributed by atoms with Gasteiger partial charge < -0.3 is 9.84 Å². The van der Waals surface area contributed by atoms with Crippen molar-refractivity contribution in [2.75, 3.05) is 0 Å². The summed E-state index contributed by atoms with van der Waals surface area (Å²) in [5, 5.41) is 8.39.